The van der Waals surface area contributed by atoms with E-state index in [1.54, 1.807) is 0 Å². The highest BCUT2D eigenvalue weighted by molar-refractivity contribution is 4.94. The predicted octanol–water partition coefficient (Wildman–Crippen LogP) is 1.88. The van der Waals surface area contributed by atoms with Gasteiger partial charge < -0.3 is 9.47 Å². The number of hydrogen-bond donors (Lipinski definition) is 0. The van der Waals surface area contributed by atoms with Crippen LogP contribution in [0.3, 0.4) is 0 Å². The van der Waals surface area contributed by atoms with Crippen LogP contribution in [0.5, 0.6) is 0 Å². The summed E-state index contributed by atoms with van der Waals surface area (Å²) < 4.78 is 11.0. The summed E-state index contributed by atoms with van der Waals surface area (Å²) in [7, 11) is 0. The van der Waals surface area contributed by atoms with E-state index in [1.807, 2.05) is 0 Å². The quantitative estimate of drug-likeness (QED) is 0.385. The Morgan fingerprint density at radius 1 is 1.29 bits per heavy atom. The molecule has 2 aliphatic rings. The zero-order valence-electron chi connectivity index (χ0n) is 8.19. The molecule has 5 heteroatoms. The lowest BCUT2D eigenvalue weighted by Gasteiger charge is -2.36. The van der Waals surface area contributed by atoms with Gasteiger partial charge in [-0.1, -0.05) is 5.11 Å². The largest absolute Gasteiger partial charge is 0.381 e. The first-order valence-electron chi connectivity index (χ1n) is 5.08. The molecule has 5 nitrogen and oxygen atoms in total. The Kier molecular flexibility index (Phi) is 2.91. The Balaban J connectivity index is 2.03. The van der Waals surface area contributed by atoms with Crippen LogP contribution in [-0.2, 0) is 9.47 Å². The van der Waals surface area contributed by atoms with Gasteiger partial charge >= 0.3 is 0 Å². The molecule has 0 N–H and O–H groups in total. The Labute approximate surface area is 83.0 Å². The van der Waals surface area contributed by atoms with Gasteiger partial charge in [-0.05, 0) is 24.8 Å². The molecule has 0 radical (unpaired) electrons. The maximum atomic E-state index is 8.29. The Hall–Kier alpha value is -0.770. The summed E-state index contributed by atoms with van der Waals surface area (Å²) in [6.45, 7) is 2.90. The Morgan fingerprint density at radius 2 is 2.00 bits per heavy atom. The van der Waals surface area contributed by atoms with E-state index in [0.717, 1.165) is 39.1 Å². The van der Waals surface area contributed by atoms with Gasteiger partial charge in [-0.15, -0.1) is 0 Å². The van der Waals surface area contributed by atoms with Crippen molar-refractivity contribution in [1.82, 2.24) is 0 Å². The van der Waals surface area contributed by atoms with Crippen LogP contribution in [-0.4, -0.2) is 32.5 Å². The zero-order chi connectivity index (χ0) is 9.86. The third-order valence-corrected chi connectivity index (χ3v) is 3.40. The summed E-state index contributed by atoms with van der Waals surface area (Å²) in [4.78, 5) is 2.79. The molecule has 0 aliphatic carbocycles. The smallest absolute Gasteiger partial charge is 0.0690 e. The van der Waals surface area contributed by atoms with Gasteiger partial charge in [0.15, 0.2) is 0 Å². The van der Waals surface area contributed by atoms with Crippen LogP contribution in [0, 0.1) is 5.41 Å². The van der Waals surface area contributed by atoms with E-state index in [9.17, 15) is 0 Å². The first-order valence-corrected chi connectivity index (χ1v) is 5.08. The molecule has 1 unspecified atom stereocenters. The molecule has 1 spiro atoms. The van der Waals surface area contributed by atoms with Crippen molar-refractivity contribution < 1.29 is 9.47 Å². The van der Waals surface area contributed by atoms with E-state index in [-0.39, 0.29) is 11.5 Å². The predicted molar refractivity (Wildman–Crippen MR) is 50.9 cm³/mol. The lowest BCUT2D eigenvalue weighted by Crippen LogP contribution is -2.38. The SMILES string of the molecule is [N-]=[N+]=NCC1OCCC12CCOCC2. The van der Waals surface area contributed by atoms with Crippen LogP contribution in [0.4, 0.5) is 0 Å². The zero-order valence-corrected chi connectivity index (χ0v) is 8.19. The van der Waals surface area contributed by atoms with Crippen molar-refractivity contribution in [2.24, 2.45) is 10.5 Å². The number of azide groups is 1. The molecule has 0 saturated carbocycles. The van der Waals surface area contributed by atoms with Crippen molar-refractivity contribution >= 4 is 0 Å². The lowest BCUT2D eigenvalue weighted by molar-refractivity contribution is -0.0285. The van der Waals surface area contributed by atoms with Crippen LogP contribution >= 0.6 is 0 Å². The normalized spacial score (nSPS) is 30.1. The minimum atomic E-state index is 0.113. The van der Waals surface area contributed by atoms with E-state index >= 15 is 0 Å². The van der Waals surface area contributed by atoms with Crippen molar-refractivity contribution in [2.75, 3.05) is 26.4 Å². The van der Waals surface area contributed by atoms with Gasteiger partial charge in [-0.2, -0.15) is 0 Å². The highest BCUT2D eigenvalue weighted by atomic mass is 16.5. The second kappa shape index (κ2) is 4.17. The fourth-order valence-electron chi connectivity index (χ4n) is 2.45. The van der Waals surface area contributed by atoms with Crippen LogP contribution in [0.1, 0.15) is 19.3 Å². The van der Waals surface area contributed by atoms with Crippen molar-refractivity contribution in [3.8, 4) is 0 Å². The molecule has 0 aromatic carbocycles. The van der Waals surface area contributed by atoms with Crippen molar-refractivity contribution in [3.63, 3.8) is 0 Å². The van der Waals surface area contributed by atoms with Gasteiger partial charge in [0.25, 0.3) is 0 Å². The molecule has 2 rings (SSSR count). The number of ether oxygens (including phenoxy) is 2. The van der Waals surface area contributed by atoms with Crippen LogP contribution in [0.25, 0.3) is 10.4 Å². The average molecular weight is 197 g/mol. The van der Waals surface area contributed by atoms with Crippen LogP contribution in [0.2, 0.25) is 0 Å². The first-order chi connectivity index (χ1) is 6.87. The minimum Gasteiger partial charge on any atom is -0.381 e. The highest BCUT2D eigenvalue weighted by Crippen LogP contribution is 2.43. The molecule has 0 bridgehead atoms. The summed E-state index contributed by atoms with van der Waals surface area (Å²) in [6.07, 6.45) is 3.28. The van der Waals surface area contributed by atoms with Crippen molar-refractivity contribution in [2.45, 2.75) is 25.4 Å². The fourth-order valence-corrected chi connectivity index (χ4v) is 2.45. The molecule has 78 valence electrons. The molecule has 14 heavy (non-hydrogen) atoms. The molecule has 2 aliphatic heterocycles. The van der Waals surface area contributed by atoms with E-state index in [1.165, 1.54) is 0 Å². The molecule has 2 heterocycles. The number of hydrogen-bond acceptors (Lipinski definition) is 3. The third kappa shape index (κ3) is 1.71. The maximum Gasteiger partial charge on any atom is 0.0690 e. The van der Waals surface area contributed by atoms with E-state index in [2.05, 4.69) is 10.0 Å². The summed E-state index contributed by atoms with van der Waals surface area (Å²) in [6, 6.07) is 0. The molecule has 1 atom stereocenters. The Bertz CT molecular complexity index is 244. The van der Waals surface area contributed by atoms with Crippen LogP contribution in [0.15, 0.2) is 5.11 Å². The summed E-state index contributed by atoms with van der Waals surface area (Å²) >= 11 is 0. The maximum absolute atomic E-state index is 8.29. The first kappa shape index (κ1) is 9.77. The monoisotopic (exact) mass is 197 g/mol. The molecule has 0 amide bonds. The molecule has 2 fully saturated rings. The standard InChI is InChI=1S/C9H15N3O2/c10-12-11-7-8-9(3-6-14-8)1-4-13-5-2-9/h8H,1-7H2. The van der Waals surface area contributed by atoms with Gasteiger partial charge in [0.2, 0.25) is 0 Å². The topological polar surface area (TPSA) is 67.2 Å². The molecular formula is C9H15N3O2. The van der Waals surface area contributed by atoms with Gasteiger partial charge in [0, 0.05) is 30.1 Å². The summed E-state index contributed by atoms with van der Waals surface area (Å²) in [5.74, 6) is 0. The molecule has 2 saturated heterocycles. The Morgan fingerprint density at radius 3 is 2.71 bits per heavy atom. The fraction of sp³-hybridized carbons (Fsp3) is 1.00. The minimum absolute atomic E-state index is 0.113. The second-order valence-corrected chi connectivity index (χ2v) is 4.00. The van der Waals surface area contributed by atoms with E-state index < -0.39 is 0 Å². The molecule has 0 aromatic heterocycles. The van der Waals surface area contributed by atoms with Crippen molar-refractivity contribution in [3.05, 3.63) is 10.4 Å². The average Bonchev–Trinajstić information content (AvgIpc) is 2.59. The van der Waals surface area contributed by atoms with Gasteiger partial charge in [-0.25, -0.2) is 0 Å². The molecule has 0 aromatic rings. The van der Waals surface area contributed by atoms with Gasteiger partial charge in [0.1, 0.15) is 0 Å². The summed E-state index contributed by atoms with van der Waals surface area (Å²) in [5, 5.41) is 3.62. The second-order valence-electron chi connectivity index (χ2n) is 4.00. The van der Waals surface area contributed by atoms with E-state index in [0.29, 0.717) is 6.54 Å². The number of nitrogens with zero attached hydrogens (tertiary/aromatic N) is 3. The van der Waals surface area contributed by atoms with Crippen molar-refractivity contribution in [1.29, 1.82) is 0 Å². The molecular weight excluding hydrogens is 182 g/mol. The highest BCUT2D eigenvalue weighted by Gasteiger charge is 2.44. The lowest BCUT2D eigenvalue weighted by atomic mass is 9.74. The van der Waals surface area contributed by atoms with Crippen LogP contribution < -0.4 is 0 Å². The summed E-state index contributed by atoms with van der Waals surface area (Å²) in [5.41, 5.74) is 8.52. The van der Waals surface area contributed by atoms with Gasteiger partial charge in [-0.3, -0.25) is 0 Å². The third-order valence-electron chi connectivity index (χ3n) is 3.40. The van der Waals surface area contributed by atoms with Gasteiger partial charge in [0.05, 0.1) is 12.6 Å². The van der Waals surface area contributed by atoms with E-state index in [4.69, 9.17) is 15.0 Å². The number of rotatable bonds is 2.